The summed E-state index contributed by atoms with van der Waals surface area (Å²) in [5, 5.41) is 23.3. The van der Waals surface area contributed by atoms with Gasteiger partial charge < -0.3 is 30.7 Å². The van der Waals surface area contributed by atoms with E-state index in [0.29, 0.717) is 52.7 Å². The fourth-order valence-corrected chi connectivity index (χ4v) is 11.8. The summed E-state index contributed by atoms with van der Waals surface area (Å²) in [6, 6.07) is 13.4. The Hall–Kier alpha value is -4.46. The van der Waals surface area contributed by atoms with Crippen molar-refractivity contribution in [3.63, 3.8) is 0 Å². The van der Waals surface area contributed by atoms with Crippen LogP contribution in [0.15, 0.2) is 53.7 Å². The maximum absolute atomic E-state index is 12.7. The first kappa shape index (κ1) is 38.4. The number of pyridine rings is 1. The van der Waals surface area contributed by atoms with Crippen molar-refractivity contribution >= 4 is 61.4 Å². The van der Waals surface area contributed by atoms with Crippen molar-refractivity contribution in [3.8, 4) is 0 Å². The number of aliphatic imine (C=N–C) groups is 1. The number of aromatic nitrogens is 4. The summed E-state index contributed by atoms with van der Waals surface area (Å²) < 4.78 is 8.04. The second-order valence-electron chi connectivity index (χ2n) is 17.6. The van der Waals surface area contributed by atoms with Crippen LogP contribution in [-0.4, -0.2) is 87.3 Å². The molecule has 4 saturated carbocycles. The van der Waals surface area contributed by atoms with Gasteiger partial charge >= 0.3 is 5.97 Å². The highest BCUT2D eigenvalue weighted by molar-refractivity contribution is 7.22. The van der Waals surface area contributed by atoms with Crippen molar-refractivity contribution in [1.29, 1.82) is 0 Å². The number of allylic oxidation sites excluding steroid dienone is 1. The van der Waals surface area contributed by atoms with Gasteiger partial charge in [0.15, 0.2) is 22.5 Å². The van der Waals surface area contributed by atoms with Gasteiger partial charge in [0.1, 0.15) is 5.82 Å². The first-order valence-electron chi connectivity index (χ1n) is 20.1. The van der Waals surface area contributed by atoms with Gasteiger partial charge in [-0.3, -0.25) is 4.99 Å². The highest BCUT2D eigenvalue weighted by atomic mass is 32.1. The summed E-state index contributed by atoms with van der Waals surface area (Å²) in [4.78, 5) is 31.4. The number of ether oxygens (including phenoxy) is 1. The molecule has 4 aromatic rings. The van der Waals surface area contributed by atoms with Crippen LogP contribution >= 0.6 is 11.3 Å². The number of carboxylic acid groups (broad SMARTS) is 1. The second-order valence-corrected chi connectivity index (χ2v) is 18.7. The molecule has 56 heavy (non-hydrogen) atoms. The molecule has 0 spiro atoms. The molecule has 0 amide bonds. The van der Waals surface area contributed by atoms with Gasteiger partial charge in [0.2, 0.25) is 0 Å². The largest absolute Gasteiger partial charge is 0.476 e. The highest BCUT2D eigenvalue weighted by Gasteiger charge is 2.60. The molecule has 12 nitrogen and oxygen atoms in total. The van der Waals surface area contributed by atoms with E-state index in [1.165, 1.54) is 45.0 Å². The van der Waals surface area contributed by atoms with Crippen LogP contribution in [-0.2, 0) is 4.74 Å². The van der Waals surface area contributed by atoms with Crippen LogP contribution in [0.2, 0.25) is 0 Å². The summed E-state index contributed by atoms with van der Waals surface area (Å²) in [7, 11) is 1.79. The first-order valence-corrected chi connectivity index (χ1v) is 20.9. The van der Waals surface area contributed by atoms with Gasteiger partial charge in [0, 0.05) is 43.2 Å². The molecule has 0 radical (unpaired) electrons. The Morgan fingerprint density at radius 2 is 1.84 bits per heavy atom. The lowest BCUT2D eigenvalue weighted by Crippen LogP contribution is -2.52. The number of anilines is 4. The Bertz CT molecular complexity index is 2150. The van der Waals surface area contributed by atoms with E-state index in [1.54, 1.807) is 35.4 Å². The van der Waals surface area contributed by atoms with E-state index in [4.69, 9.17) is 15.5 Å². The zero-order valence-electron chi connectivity index (χ0n) is 33.3. The molecule has 5 fully saturated rings. The van der Waals surface area contributed by atoms with E-state index < -0.39 is 5.97 Å². The number of para-hydroxylation sites is 1. The number of hydrogen-bond acceptors (Lipinski definition) is 12. The molecule has 13 heteroatoms. The lowest BCUT2D eigenvalue weighted by Gasteiger charge is -2.56. The smallest absolute Gasteiger partial charge is 0.355 e. The van der Waals surface area contributed by atoms with Gasteiger partial charge in [-0.1, -0.05) is 37.3 Å². The number of rotatable bonds is 13. The first-order chi connectivity index (χ1) is 26.8. The maximum Gasteiger partial charge on any atom is 0.355 e. The molecule has 5 atom stereocenters. The number of fused-ring (bicyclic) bond motifs is 2. The lowest BCUT2D eigenvalue weighted by atomic mass is 9.53. The van der Waals surface area contributed by atoms with Crippen LogP contribution in [0.5, 0.6) is 0 Å². The van der Waals surface area contributed by atoms with Crippen molar-refractivity contribution in [2.45, 2.75) is 84.7 Å². The topological polar surface area (TPSA) is 155 Å². The molecule has 4 bridgehead atoms. The number of nitrogens with zero attached hydrogens (tertiary/aromatic N) is 7. The van der Waals surface area contributed by atoms with E-state index in [0.717, 1.165) is 59.7 Å². The molecule has 5 aliphatic rings. The molecule has 4 aliphatic carbocycles. The average Bonchev–Trinajstić information content (AvgIpc) is 3.80. The monoisotopic (exact) mass is 777 g/mol. The number of benzene rings is 1. The lowest BCUT2D eigenvalue weighted by molar-refractivity contribution is -0.165. The average molecular weight is 778 g/mol. The number of aromatic carboxylic acids is 1. The van der Waals surface area contributed by atoms with Crippen molar-refractivity contribution in [3.05, 3.63) is 65.5 Å². The molecule has 1 aliphatic heterocycles. The normalized spacial score (nSPS) is 27.9. The Labute approximate surface area is 333 Å². The number of carbonyl (C=O) groups is 1. The van der Waals surface area contributed by atoms with Crippen LogP contribution in [0.4, 0.5) is 22.6 Å². The van der Waals surface area contributed by atoms with Gasteiger partial charge in [-0.2, -0.15) is 0 Å². The van der Waals surface area contributed by atoms with Gasteiger partial charge in [0.05, 0.1) is 22.4 Å². The number of thiazole rings is 1. The van der Waals surface area contributed by atoms with Crippen LogP contribution < -0.4 is 16.0 Å². The van der Waals surface area contributed by atoms with Crippen LogP contribution in [0.25, 0.3) is 15.8 Å². The number of likely N-dealkylation sites (tertiary alicyclic amines) is 1. The Balaban J connectivity index is 0.970. The van der Waals surface area contributed by atoms with Crippen molar-refractivity contribution in [2.24, 2.45) is 33.4 Å². The third-order valence-corrected chi connectivity index (χ3v) is 13.8. The number of carboxylic acids is 1. The third kappa shape index (κ3) is 7.77. The number of nitrogens with one attached hydrogen (secondary N) is 1. The van der Waals surface area contributed by atoms with E-state index in [9.17, 15) is 9.90 Å². The maximum atomic E-state index is 12.7. The SMILES string of the molecule is CC(=NCC1CC2(C)CC3(C)CC1CC(OCCN1CCCC1)(C2)C3)C(=CN)c1ccc(N(C)c2cc(C)c(Nc3nc4ccccc4s3)nn2)nc1C(=O)O. The summed E-state index contributed by atoms with van der Waals surface area (Å²) >= 11 is 1.55. The zero-order valence-corrected chi connectivity index (χ0v) is 34.2. The van der Waals surface area contributed by atoms with Crippen molar-refractivity contribution < 1.29 is 14.6 Å². The van der Waals surface area contributed by atoms with Crippen LogP contribution in [0.3, 0.4) is 0 Å². The quantitative estimate of drug-likeness (QED) is 0.112. The fraction of sp³-hybridized carbons (Fsp3) is 0.535. The summed E-state index contributed by atoms with van der Waals surface area (Å²) in [6.45, 7) is 13.8. The molecular weight excluding hydrogens is 723 g/mol. The van der Waals surface area contributed by atoms with Gasteiger partial charge in [0.25, 0.3) is 0 Å². The number of aryl methyl sites for hydroxylation is 1. The molecule has 3 aromatic heterocycles. The third-order valence-electron chi connectivity index (χ3n) is 12.8. The second kappa shape index (κ2) is 15.1. The summed E-state index contributed by atoms with van der Waals surface area (Å²) in [6.07, 6.45) is 11.1. The summed E-state index contributed by atoms with van der Waals surface area (Å²) in [5.41, 5.74) is 10.1. The molecule has 9 rings (SSSR count). The van der Waals surface area contributed by atoms with Crippen LogP contribution in [0.1, 0.15) is 93.8 Å². The van der Waals surface area contributed by atoms with E-state index in [2.05, 4.69) is 44.2 Å². The van der Waals surface area contributed by atoms with Crippen molar-refractivity contribution in [2.75, 3.05) is 50.1 Å². The Morgan fingerprint density at radius 3 is 2.57 bits per heavy atom. The van der Waals surface area contributed by atoms with Gasteiger partial charge in [-0.25, -0.2) is 14.8 Å². The van der Waals surface area contributed by atoms with E-state index >= 15 is 0 Å². The summed E-state index contributed by atoms with van der Waals surface area (Å²) in [5.74, 6) is 1.36. The van der Waals surface area contributed by atoms with E-state index in [-0.39, 0.29) is 22.1 Å². The molecule has 1 aromatic carbocycles. The zero-order chi connectivity index (χ0) is 39.2. The fourth-order valence-electron chi connectivity index (χ4n) is 11.0. The van der Waals surface area contributed by atoms with Gasteiger partial charge in [-0.05, 0) is 137 Å². The van der Waals surface area contributed by atoms with Gasteiger partial charge in [-0.15, -0.1) is 10.2 Å². The predicted octanol–water partition coefficient (Wildman–Crippen LogP) is 8.24. The molecule has 4 heterocycles. The Kier molecular flexibility index (Phi) is 10.4. The minimum Gasteiger partial charge on any atom is -0.476 e. The van der Waals surface area contributed by atoms with Crippen LogP contribution in [0, 0.1) is 29.6 Å². The predicted molar refractivity (Wildman–Crippen MR) is 224 cm³/mol. The molecule has 1 saturated heterocycles. The molecule has 4 N–H and O–H groups in total. The highest BCUT2D eigenvalue weighted by Crippen LogP contribution is 2.66. The minimum atomic E-state index is -1.15. The molecular formula is C43H55N9O3S. The van der Waals surface area contributed by atoms with E-state index in [1.807, 2.05) is 44.2 Å². The Morgan fingerprint density at radius 1 is 1.07 bits per heavy atom. The number of hydrogen-bond donors (Lipinski definition) is 3. The standard InChI is InChI=1S/C43H55N9O3S/c1-27-18-36(49-50-38(27)48-40-46-33-10-6-7-11-34(33)56-40)51(5)35-13-12-31(37(47-35)39(53)54)32(22-44)28(2)45-23-30-20-42(4)24-41(3)19-29(30)21-43(25-41,26-42)55-17-16-52-14-8-9-15-52/h6-7,10-13,18,22,29-30H,8-9,14-17,19-21,23-26,44H2,1-5H3,(H,53,54)(H,46,48,50). The molecule has 296 valence electrons. The minimum absolute atomic E-state index is 0.0441. The number of nitrogens with two attached hydrogens (primary N) is 1. The van der Waals surface area contributed by atoms with Crippen molar-refractivity contribution in [1.82, 2.24) is 25.1 Å². The molecule has 5 unspecified atom stereocenters.